The SMILES string of the molecule is C=CC(=O)N1C2CCC1CN(c1nccn3c(N4CCC[C@@H](Nc5ncc(C)cn5)C4)ncc13)C2. The molecule has 6 heterocycles. The van der Waals surface area contributed by atoms with Crippen LogP contribution in [0.1, 0.15) is 31.2 Å². The van der Waals surface area contributed by atoms with Gasteiger partial charge in [-0.2, -0.15) is 0 Å². The topological polar surface area (TPSA) is 94.8 Å². The molecule has 3 aromatic rings. The Kier molecular flexibility index (Phi) is 5.50. The Morgan fingerprint density at radius 1 is 1.03 bits per heavy atom. The number of carbonyl (C=O) groups excluding carboxylic acids is 1. The molecule has 3 aliphatic heterocycles. The van der Waals surface area contributed by atoms with Gasteiger partial charge in [-0.3, -0.25) is 9.20 Å². The summed E-state index contributed by atoms with van der Waals surface area (Å²) in [5.74, 6) is 2.59. The molecule has 0 aromatic carbocycles. The fraction of sp³-hybridized carbons (Fsp3) is 0.480. The molecule has 1 N–H and O–H groups in total. The molecule has 3 fully saturated rings. The van der Waals surface area contributed by atoms with Gasteiger partial charge in [-0.15, -0.1) is 0 Å². The van der Waals surface area contributed by atoms with Gasteiger partial charge in [0.2, 0.25) is 17.8 Å². The second-order valence-corrected chi connectivity index (χ2v) is 9.82. The standard InChI is InChI=1S/C25H31N9O/c1-3-22(35)34-19-6-7-20(34)16-32(15-19)23-21-13-29-25(33(21)10-8-26-23)31-9-4-5-18(14-31)30-24-27-11-17(2)12-28-24/h3,8,10-13,18-20H,1,4-7,9,14-16H2,2H3,(H,27,28,30)/t18-,19?,20?/m1/s1. The van der Waals surface area contributed by atoms with Crippen LogP contribution in [-0.4, -0.2) is 79.4 Å². The number of anilines is 3. The third-order valence-corrected chi connectivity index (χ3v) is 7.45. The van der Waals surface area contributed by atoms with Crippen LogP contribution in [0.3, 0.4) is 0 Å². The van der Waals surface area contributed by atoms with Crippen molar-refractivity contribution in [1.82, 2.24) is 29.2 Å². The first-order valence-corrected chi connectivity index (χ1v) is 12.4. The summed E-state index contributed by atoms with van der Waals surface area (Å²) in [5, 5.41) is 3.49. The van der Waals surface area contributed by atoms with Crippen molar-refractivity contribution in [3.05, 3.63) is 49.2 Å². The molecule has 2 bridgehead atoms. The van der Waals surface area contributed by atoms with E-state index in [0.29, 0.717) is 5.95 Å². The number of piperidine rings is 1. The van der Waals surface area contributed by atoms with Crippen LogP contribution in [0.4, 0.5) is 17.7 Å². The number of piperazine rings is 1. The van der Waals surface area contributed by atoms with Gasteiger partial charge < -0.3 is 20.0 Å². The van der Waals surface area contributed by atoms with Gasteiger partial charge in [0.15, 0.2) is 5.82 Å². The number of aryl methyl sites for hydroxylation is 1. The smallest absolute Gasteiger partial charge is 0.246 e. The zero-order valence-electron chi connectivity index (χ0n) is 20.0. The summed E-state index contributed by atoms with van der Waals surface area (Å²) in [7, 11) is 0. The van der Waals surface area contributed by atoms with Crippen LogP contribution < -0.4 is 15.1 Å². The highest BCUT2D eigenvalue weighted by atomic mass is 16.2. The van der Waals surface area contributed by atoms with Crippen LogP contribution in [0.15, 0.2) is 43.6 Å². The molecule has 2 unspecified atom stereocenters. The summed E-state index contributed by atoms with van der Waals surface area (Å²) in [6.45, 7) is 9.04. The predicted molar refractivity (Wildman–Crippen MR) is 135 cm³/mol. The van der Waals surface area contributed by atoms with E-state index in [-0.39, 0.29) is 24.0 Å². The monoisotopic (exact) mass is 473 g/mol. The maximum absolute atomic E-state index is 12.4. The van der Waals surface area contributed by atoms with Crippen molar-refractivity contribution in [2.24, 2.45) is 0 Å². The summed E-state index contributed by atoms with van der Waals surface area (Å²) >= 11 is 0. The van der Waals surface area contributed by atoms with Gasteiger partial charge in [-0.1, -0.05) is 6.58 Å². The van der Waals surface area contributed by atoms with E-state index in [4.69, 9.17) is 9.97 Å². The van der Waals surface area contributed by atoms with Crippen molar-refractivity contribution in [1.29, 1.82) is 0 Å². The number of amides is 1. The molecule has 3 aromatic heterocycles. The van der Waals surface area contributed by atoms with Gasteiger partial charge >= 0.3 is 0 Å². The Morgan fingerprint density at radius 2 is 1.80 bits per heavy atom. The number of carbonyl (C=O) groups is 1. The first-order valence-electron chi connectivity index (χ1n) is 12.4. The second-order valence-electron chi connectivity index (χ2n) is 9.82. The van der Waals surface area contributed by atoms with Gasteiger partial charge in [0.25, 0.3) is 0 Å². The lowest BCUT2D eigenvalue weighted by molar-refractivity contribution is -0.129. The third-order valence-electron chi connectivity index (χ3n) is 7.45. The molecule has 3 aliphatic rings. The van der Waals surface area contributed by atoms with Crippen molar-refractivity contribution >= 4 is 29.1 Å². The molecule has 3 atom stereocenters. The number of nitrogens with zero attached hydrogens (tertiary/aromatic N) is 8. The van der Waals surface area contributed by atoms with Crippen molar-refractivity contribution in [2.45, 2.75) is 50.7 Å². The van der Waals surface area contributed by atoms with E-state index in [1.807, 2.05) is 42.8 Å². The highest BCUT2D eigenvalue weighted by Gasteiger charge is 2.42. The first-order chi connectivity index (χ1) is 17.1. The van der Waals surface area contributed by atoms with Crippen LogP contribution in [-0.2, 0) is 4.79 Å². The van der Waals surface area contributed by atoms with Crippen LogP contribution in [0.5, 0.6) is 0 Å². The molecular formula is C25H31N9O. The minimum absolute atomic E-state index is 0.0410. The van der Waals surface area contributed by atoms with Crippen LogP contribution in [0, 0.1) is 6.92 Å². The summed E-state index contributed by atoms with van der Waals surface area (Å²) in [4.78, 5) is 37.4. The maximum Gasteiger partial charge on any atom is 0.246 e. The lowest BCUT2D eigenvalue weighted by Gasteiger charge is -2.41. The molecule has 1 amide bonds. The zero-order valence-corrected chi connectivity index (χ0v) is 20.0. The average molecular weight is 474 g/mol. The number of nitrogens with one attached hydrogen (secondary N) is 1. The Balaban J connectivity index is 1.22. The minimum atomic E-state index is 0.0410. The number of hydrogen-bond donors (Lipinski definition) is 1. The van der Waals surface area contributed by atoms with Crippen LogP contribution in [0.25, 0.3) is 5.52 Å². The van der Waals surface area contributed by atoms with E-state index in [2.05, 4.69) is 36.1 Å². The maximum atomic E-state index is 12.4. The summed E-state index contributed by atoms with van der Waals surface area (Å²) in [6.07, 6.45) is 15.1. The third kappa shape index (κ3) is 3.96. The van der Waals surface area contributed by atoms with Crippen molar-refractivity contribution in [2.75, 3.05) is 41.3 Å². The zero-order chi connectivity index (χ0) is 23.9. The lowest BCUT2D eigenvalue weighted by atomic mass is 10.1. The normalized spacial score (nSPS) is 24.1. The van der Waals surface area contributed by atoms with Crippen molar-refractivity contribution < 1.29 is 4.79 Å². The molecule has 0 radical (unpaired) electrons. The molecular weight excluding hydrogens is 442 g/mol. The van der Waals surface area contributed by atoms with Gasteiger partial charge in [0.1, 0.15) is 5.52 Å². The molecule has 0 aliphatic carbocycles. The Hall–Kier alpha value is -3.69. The number of aromatic nitrogens is 5. The molecule has 10 nitrogen and oxygen atoms in total. The van der Waals surface area contributed by atoms with E-state index in [1.54, 1.807) is 0 Å². The van der Waals surface area contributed by atoms with Gasteiger partial charge in [-0.25, -0.2) is 19.9 Å². The molecule has 182 valence electrons. The summed E-state index contributed by atoms with van der Waals surface area (Å²) < 4.78 is 2.15. The van der Waals surface area contributed by atoms with Gasteiger partial charge in [0, 0.05) is 69.1 Å². The second kappa shape index (κ2) is 8.83. The number of imidazole rings is 1. The van der Waals surface area contributed by atoms with E-state index in [0.717, 1.165) is 74.7 Å². The first kappa shape index (κ1) is 21.8. The van der Waals surface area contributed by atoms with Crippen LogP contribution >= 0.6 is 0 Å². The van der Waals surface area contributed by atoms with Crippen LogP contribution in [0.2, 0.25) is 0 Å². The summed E-state index contributed by atoms with van der Waals surface area (Å²) in [6, 6.07) is 0.675. The molecule has 3 saturated heterocycles. The van der Waals surface area contributed by atoms with Crippen molar-refractivity contribution in [3.63, 3.8) is 0 Å². The van der Waals surface area contributed by atoms with E-state index < -0.39 is 0 Å². The van der Waals surface area contributed by atoms with Gasteiger partial charge in [0.05, 0.1) is 6.20 Å². The van der Waals surface area contributed by atoms with E-state index in [1.165, 1.54) is 6.08 Å². The van der Waals surface area contributed by atoms with E-state index in [9.17, 15) is 4.79 Å². The fourth-order valence-corrected chi connectivity index (χ4v) is 5.85. The summed E-state index contributed by atoms with van der Waals surface area (Å²) in [5.41, 5.74) is 2.05. The predicted octanol–water partition coefficient (Wildman–Crippen LogP) is 2.27. The number of hydrogen-bond acceptors (Lipinski definition) is 8. The fourth-order valence-electron chi connectivity index (χ4n) is 5.85. The molecule has 0 spiro atoms. The minimum Gasteiger partial charge on any atom is -0.351 e. The quantitative estimate of drug-likeness (QED) is 0.564. The Labute approximate surface area is 204 Å². The largest absolute Gasteiger partial charge is 0.351 e. The Bertz CT molecular complexity index is 1230. The molecule has 10 heteroatoms. The van der Waals surface area contributed by atoms with Crippen molar-refractivity contribution in [3.8, 4) is 0 Å². The average Bonchev–Trinajstić information content (AvgIpc) is 3.43. The van der Waals surface area contributed by atoms with E-state index >= 15 is 0 Å². The van der Waals surface area contributed by atoms with Gasteiger partial charge in [-0.05, 0) is 44.2 Å². The molecule has 0 saturated carbocycles. The lowest BCUT2D eigenvalue weighted by Crippen LogP contribution is -2.55. The number of fused-ring (bicyclic) bond motifs is 3. The highest BCUT2D eigenvalue weighted by molar-refractivity contribution is 5.88. The Morgan fingerprint density at radius 3 is 2.54 bits per heavy atom. The number of rotatable bonds is 5. The molecule has 35 heavy (non-hydrogen) atoms. The highest BCUT2D eigenvalue weighted by Crippen LogP contribution is 2.34. The molecule has 6 rings (SSSR count).